The molecule has 0 spiro atoms. The van der Waals surface area contributed by atoms with Crippen molar-refractivity contribution in [1.82, 2.24) is 4.90 Å². The van der Waals surface area contributed by atoms with Crippen LogP contribution in [0.3, 0.4) is 0 Å². The summed E-state index contributed by atoms with van der Waals surface area (Å²) in [7, 11) is 0. The van der Waals surface area contributed by atoms with Crippen molar-refractivity contribution in [2.24, 2.45) is 0 Å². The van der Waals surface area contributed by atoms with Crippen molar-refractivity contribution in [3.05, 3.63) is 95.6 Å². The number of nitrogens with zero attached hydrogens (tertiary/aromatic N) is 2. The summed E-state index contributed by atoms with van der Waals surface area (Å²) in [5, 5.41) is 24.7. The van der Waals surface area contributed by atoms with E-state index in [1.165, 1.54) is 6.08 Å². The number of carbonyl (C=O) groups excluding carboxylic acids is 2. The van der Waals surface area contributed by atoms with Crippen LogP contribution in [0.2, 0.25) is 0 Å². The lowest BCUT2D eigenvalue weighted by atomic mass is 10.0. The van der Waals surface area contributed by atoms with Crippen molar-refractivity contribution in [1.29, 1.82) is 5.26 Å². The van der Waals surface area contributed by atoms with Gasteiger partial charge in [-0.2, -0.15) is 5.26 Å². The summed E-state index contributed by atoms with van der Waals surface area (Å²) in [5.41, 5.74) is 9.57. The highest BCUT2D eigenvalue weighted by Crippen LogP contribution is 2.28. The summed E-state index contributed by atoms with van der Waals surface area (Å²) >= 11 is 0. The first-order valence-electron chi connectivity index (χ1n) is 11.6. The van der Waals surface area contributed by atoms with E-state index in [0.29, 0.717) is 42.1 Å². The molecule has 0 saturated carbocycles. The maximum atomic E-state index is 13.3. The Morgan fingerprint density at radius 2 is 1.78 bits per heavy atom. The fourth-order valence-electron chi connectivity index (χ4n) is 4.12. The molecular formula is C28H27N5O3. The van der Waals surface area contributed by atoms with Crippen LogP contribution in [0.1, 0.15) is 29.2 Å². The van der Waals surface area contributed by atoms with Gasteiger partial charge in [0.15, 0.2) is 0 Å². The zero-order chi connectivity index (χ0) is 25.5. The number of benzene rings is 3. The number of aliphatic hydroxyl groups is 1. The molecule has 1 unspecified atom stereocenters. The molecule has 0 aliphatic carbocycles. The van der Waals surface area contributed by atoms with Crippen LogP contribution in [0, 0.1) is 11.3 Å². The van der Waals surface area contributed by atoms with Crippen LogP contribution < -0.4 is 16.4 Å². The van der Waals surface area contributed by atoms with Crippen LogP contribution in [0.15, 0.2) is 78.9 Å². The average Bonchev–Trinajstić information content (AvgIpc) is 3.31. The largest absolute Gasteiger partial charge is 0.397 e. The fraction of sp³-hybridized carbons (Fsp3) is 0.179. The van der Waals surface area contributed by atoms with Crippen LogP contribution in [-0.4, -0.2) is 41.0 Å². The van der Waals surface area contributed by atoms with Crippen molar-refractivity contribution in [3.63, 3.8) is 0 Å². The Morgan fingerprint density at radius 3 is 2.42 bits per heavy atom. The van der Waals surface area contributed by atoms with Crippen molar-refractivity contribution in [2.75, 3.05) is 29.5 Å². The summed E-state index contributed by atoms with van der Waals surface area (Å²) in [6, 6.07) is 22.5. The first-order valence-corrected chi connectivity index (χ1v) is 11.6. The molecule has 1 fully saturated rings. The van der Waals surface area contributed by atoms with Gasteiger partial charge in [0.05, 0.1) is 29.1 Å². The number of hydrogen-bond acceptors (Lipinski definition) is 6. The fourth-order valence-corrected chi connectivity index (χ4v) is 4.12. The molecule has 1 heterocycles. The van der Waals surface area contributed by atoms with E-state index in [1.54, 1.807) is 54.6 Å². The minimum absolute atomic E-state index is 0.225. The molecule has 0 aromatic heterocycles. The summed E-state index contributed by atoms with van der Waals surface area (Å²) in [6.07, 6.45) is 3.23. The van der Waals surface area contributed by atoms with E-state index in [-0.39, 0.29) is 11.8 Å². The van der Waals surface area contributed by atoms with E-state index in [2.05, 4.69) is 16.7 Å². The van der Waals surface area contributed by atoms with Crippen molar-refractivity contribution in [3.8, 4) is 6.07 Å². The molecular weight excluding hydrogens is 454 g/mol. The van der Waals surface area contributed by atoms with Crippen LogP contribution in [-0.2, 0) is 9.59 Å². The number of carbonyl (C=O) groups is 2. The van der Waals surface area contributed by atoms with Crippen LogP contribution in [0.5, 0.6) is 0 Å². The first-order chi connectivity index (χ1) is 17.4. The average molecular weight is 482 g/mol. The number of rotatable bonds is 7. The van der Waals surface area contributed by atoms with Crippen LogP contribution in [0.4, 0.5) is 17.1 Å². The molecule has 1 aliphatic heterocycles. The molecule has 5 N–H and O–H groups in total. The third-order valence-corrected chi connectivity index (χ3v) is 5.99. The predicted molar refractivity (Wildman–Crippen MR) is 140 cm³/mol. The molecule has 2 amide bonds. The molecule has 2 atom stereocenters. The minimum atomic E-state index is -0.597. The molecule has 0 bridgehead atoms. The Kier molecular flexibility index (Phi) is 7.75. The molecule has 4 rings (SSSR count). The zero-order valence-electron chi connectivity index (χ0n) is 19.6. The van der Waals surface area contributed by atoms with Crippen LogP contribution >= 0.6 is 0 Å². The quantitative estimate of drug-likeness (QED) is 0.302. The monoisotopic (exact) mass is 481 g/mol. The lowest BCUT2D eigenvalue weighted by Gasteiger charge is -2.27. The van der Waals surface area contributed by atoms with Crippen molar-refractivity contribution >= 4 is 35.0 Å². The Morgan fingerprint density at radius 1 is 1.06 bits per heavy atom. The maximum absolute atomic E-state index is 13.3. The summed E-state index contributed by atoms with van der Waals surface area (Å²) in [5.74, 6) is -0.528. The zero-order valence-corrected chi connectivity index (χ0v) is 19.6. The number of nitrogen functional groups attached to an aromatic ring is 1. The number of anilines is 3. The number of nitrogens with two attached hydrogens (primary N) is 1. The number of nitriles is 1. The van der Waals surface area contributed by atoms with Gasteiger partial charge in [-0.15, -0.1) is 0 Å². The van der Waals surface area contributed by atoms with Gasteiger partial charge in [0.1, 0.15) is 6.04 Å². The molecule has 8 heteroatoms. The van der Waals surface area contributed by atoms with Gasteiger partial charge in [0.25, 0.3) is 0 Å². The summed E-state index contributed by atoms with van der Waals surface area (Å²) < 4.78 is 0. The van der Waals surface area contributed by atoms with Gasteiger partial charge in [-0.3, -0.25) is 14.5 Å². The van der Waals surface area contributed by atoms with Crippen LogP contribution in [0.25, 0.3) is 6.08 Å². The van der Waals surface area contributed by atoms with Gasteiger partial charge in [0, 0.05) is 24.9 Å². The molecule has 0 radical (unpaired) electrons. The molecule has 8 nitrogen and oxygen atoms in total. The highest BCUT2D eigenvalue weighted by molar-refractivity contribution is 6.03. The molecule has 3 aromatic carbocycles. The maximum Gasteiger partial charge on any atom is 0.248 e. The van der Waals surface area contributed by atoms with Crippen molar-refractivity contribution in [2.45, 2.75) is 18.6 Å². The highest BCUT2D eigenvalue weighted by atomic mass is 16.3. The Hall–Kier alpha value is -4.45. The SMILES string of the molecule is N#Cc1ccc(NC(=O)C(c2ccc(/C=C/C(=O)Nc3ccccc3N)cc2)N2CC[C@H](O)C2)cc1. The number of para-hydroxylation sites is 2. The summed E-state index contributed by atoms with van der Waals surface area (Å²) in [4.78, 5) is 27.5. The summed E-state index contributed by atoms with van der Waals surface area (Å²) in [6.45, 7) is 0.993. The number of hydrogen-bond donors (Lipinski definition) is 4. The van der Waals surface area contributed by atoms with E-state index < -0.39 is 12.1 Å². The lowest BCUT2D eigenvalue weighted by molar-refractivity contribution is -0.121. The second-order valence-corrected chi connectivity index (χ2v) is 8.59. The van der Waals surface area contributed by atoms with Crippen molar-refractivity contribution < 1.29 is 14.7 Å². The van der Waals surface area contributed by atoms with Gasteiger partial charge in [0.2, 0.25) is 11.8 Å². The molecule has 182 valence electrons. The smallest absolute Gasteiger partial charge is 0.248 e. The number of β-amino-alcohol motifs (C(OH)–C–C–N with tert-alkyl or cyclic N) is 1. The highest BCUT2D eigenvalue weighted by Gasteiger charge is 2.33. The second-order valence-electron chi connectivity index (χ2n) is 8.59. The molecule has 1 aliphatic rings. The van der Waals surface area contributed by atoms with Gasteiger partial charge in [-0.25, -0.2) is 0 Å². The third kappa shape index (κ3) is 6.16. The lowest BCUT2D eigenvalue weighted by Crippen LogP contribution is -2.36. The van der Waals surface area contributed by atoms with E-state index in [0.717, 1.165) is 11.1 Å². The van der Waals surface area contributed by atoms with Gasteiger partial charge < -0.3 is 21.5 Å². The van der Waals surface area contributed by atoms with E-state index >= 15 is 0 Å². The third-order valence-electron chi connectivity index (χ3n) is 5.99. The molecule has 3 aromatic rings. The number of aliphatic hydroxyl groups excluding tert-OH is 1. The second kappa shape index (κ2) is 11.3. The minimum Gasteiger partial charge on any atom is -0.397 e. The topological polar surface area (TPSA) is 131 Å². The molecule has 1 saturated heterocycles. The number of amides is 2. The van der Waals surface area contributed by atoms with Gasteiger partial charge in [-0.1, -0.05) is 36.4 Å². The van der Waals surface area contributed by atoms with Gasteiger partial charge >= 0.3 is 0 Å². The van der Waals surface area contributed by atoms with E-state index in [1.807, 2.05) is 29.2 Å². The van der Waals surface area contributed by atoms with Gasteiger partial charge in [-0.05, 0) is 60.0 Å². The standard InChI is InChI=1S/C28H27N5O3/c29-17-20-7-12-22(13-8-20)31-28(36)27(33-16-15-23(34)18-33)21-10-5-19(6-11-21)9-14-26(35)32-25-4-2-1-3-24(25)30/h1-14,23,27,34H,15-16,18,30H2,(H,31,36)(H,32,35)/b14-9+/t23-,27?/m0/s1. The first kappa shape index (κ1) is 24.7. The Balaban J connectivity index is 1.47. The number of likely N-dealkylation sites (tertiary alicyclic amines) is 1. The Bertz CT molecular complexity index is 1300. The van der Waals surface area contributed by atoms with E-state index in [9.17, 15) is 14.7 Å². The van der Waals surface area contributed by atoms with E-state index in [4.69, 9.17) is 11.0 Å². The Labute approximate surface area is 209 Å². The predicted octanol–water partition coefficient (Wildman–Crippen LogP) is 3.54. The normalized spacial score (nSPS) is 16.4. The molecule has 36 heavy (non-hydrogen) atoms. The number of nitrogens with one attached hydrogen (secondary N) is 2.